The second-order valence-electron chi connectivity index (χ2n) is 5.95. The molecule has 0 aliphatic heterocycles. The first-order valence-electron chi connectivity index (χ1n) is 8.68. The molecule has 1 N–H and O–H groups in total. The number of carbonyl (C=O) groups excluding carboxylic acids is 2. The van der Waals surface area contributed by atoms with Gasteiger partial charge >= 0.3 is 12.1 Å². The predicted octanol–water partition coefficient (Wildman–Crippen LogP) is 3.68. The molecule has 0 aliphatic rings. The van der Waals surface area contributed by atoms with E-state index in [1.165, 1.54) is 25.3 Å². The molecule has 166 valence electrons. The summed E-state index contributed by atoms with van der Waals surface area (Å²) in [5.41, 5.74) is -1.90. The lowest BCUT2D eigenvalue weighted by molar-refractivity contribution is -0.388. The van der Waals surface area contributed by atoms with E-state index in [0.29, 0.717) is 6.07 Å². The standard InChI is InChI=1S/C19H17F3N2O6S/c1-29-9-8-23-17(25)11-30-18(26)13-4-2-3-5-15(13)31-16-7-6-12(19(20,21)22)10-14(16)24(27)28/h2-7,10H,8-9,11H2,1H3,(H,23,25). The zero-order valence-corrected chi connectivity index (χ0v) is 16.9. The van der Waals surface area contributed by atoms with Gasteiger partial charge in [-0.15, -0.1) is 0 Å². The number of carbonyl (C=O) groups is 2. The summed E-state index contributed by atoms with van der Waals surface area (Å²) in [6, 6.07) is 8.03. The zero-order valence-electron chi connectivity index (χ0n) is 16.1. The summed E-state index contributed by atoms with van der Waals surface area (Å²) in [5, 5.41) is 13.7. The van der Waals surface area contributed by atoms with Gasteiger partial charge in [-0.25, -0.2) is 4.79 Å². The summed E-state index contributed by atoms with van der Waals surface area (Å²) in [6.45, 7) is -0.0377. The third-order valence-corrected chi connectivity index (χ3v) is 4.91. The van der Waals surface area contributed by atoms with E-state index >= 15 is 0 Å². The predicted molar refractivity (Wildman–Crippen MR) is 104 cm³/mol. The minimum atomic E-state index is -4.74. The van der Waals surface area contributed by atoms with E-state index in [1.807, 2.05) is 0 Å². The number of rotatable bonds is 9. The molecule has 0 heterocycles. The average Bonchev–Trinajstić information content (AvgIpc) is 2.72. The highest BCUT2D eigenvalue weighted by atomic mass is 32.2. The highest BCUT2D eigenvalue weighted by molar-refractivity contribution is 7.99. The monoisotopic (exact) mass is 458 g/mol. The number of amides is 1. The Morgan fingerprint density at radius 3 is 2.52 bits per heavy atom. The van der Waals surface area contributed by atoms with Crippen LogP contribution < -0.4 is 5.32 Å². The fourth-order valence-corrected chi connectivity index (χ4v) is 3.34. The molecule has 0 spiro atoms. The molecule has 31 heavy (non-hydrogen) atoms. The van der Waals surface area contributed by atoms with E-state index in [2.05, 4.69) is 5.32 Å². The van der Waals surface area contributed by atoms with Crippen LogP contribution in [0.2, 0.25) is 0 Å². The van der Waals surface area contributed by atoms with E-state index in [1.54, 1.807) is 6.07 Å². The lowest BCUT2D eigenvalue weighted by Gasteiger charge is -2.11. The Morgan fingerprint density at radius 1 is 1.16 bits per heavy atom. The third kappa shape index (κ3) is 6.96. The van der Waals surface area contributed by atoms with Crippen molar-refractivity contribution in [3.8, 4) is 0 Å². The maximum atomic E-state index is 12.9. The van der Waals surface area contributed by atoms with Gasteiger partial charge in [-0.2, -0.15) is 13.2 Å². The number of nitro groups is 1. The van der Waals surface area contributed by atoms with Gasteiger partial charge in [0.2, 0.25) is 0 Å². The molecule has 0 unspecified atom stereocenters. The van der Waals surface area contributed by atoms with Crippen molar-refractivity contribution in [2.24, 2.45) is 0 Å². The van der Waals surface area contributed by atoms with Crippen LogP contribution in [-0.4, -0.2) is 43.7 Å². The molecular weight excluding hydrogens is 441 g/mol. The molecule has 0 aliphatic carbocycles. The van der Waals surface area contributed by atoms with Crippen molar-refractivity contribution in [1.29, 1.82) is 0 Å². The van der Waals surface area contributed by atoms with E-state index in [-0.39, 0.29) is 28.5 Å². The van der Waals surface area contributed by atoms with Gasteiger partial charge in [-0.3, -0.25) is 14.9 Å². The van der Waals surface area contributed by atoms with Gasteiger partial charge in [0.1, 0.15) is 0 Å². The fourth-order valence-electron chi connectivity index (χ4n) is 2.32. The molecule has 2 rings (SSSR count). The van der Waals surface area contributed by atoms with Crippen LogP contribution in [0, 0.1) is 10.1 Å². The molecule has 2 aromatic rings. The van der Waals surface area contributed by atoms with Crippen molar-refractivity contribution in [3.63, 3.8) is 0 Å². The quantitative estimate of drug-likeness (QED) is 0.264. The highest BCUT2D eigenvalue weighted by Gasteiger charge is 2.33. The Morgan fingerprint density at radius 2 is 1.87 bits per heavy atom. The second kappa shape index (κ2) is 10.8. The SMILES string of the molecule is COCCNC(=O)COC(=O)c1ccccc1Sc1ccc(C(F)(F)F)cc1[N+](=O)[O-]. The van der Waals surface area contributed by atoms with Crippen molar-refractivity contribution in [1.82, 2.24) is 5.32 Å². The van der Waals surface area contributed by atoms with E-state index in [0.717, 1.165) is 23.9 Å². The molecule has 0 saturated heterocycles. The van der Waals surface area contributed by atoms with Crippen LogP contribution in [0.1, 0.15) is 15.9 Å². The molecular formula is C19H17F3N2O6S. The summed E-state index contributed by atoms with van der Waals surface area (Å²) in [5.74, 6) is -1.41. The van der Waals surface area contributed by atoms with Crippen molar-refractivity contribution >= 4 is 29.3 Å². The minimum absolute atomic E-state index is 0.00591. The van der Waals surface area contributed by atoms with Crippen molar-refractivity contribution in [2.45, 2.75) is 16.0 Å². The van der Waals surface area contributed by atoms with Crippen LogP contribution in [-0.2, 0) is 20.4 Å². The number of halogens is 3. The van der Waals surface area contributed by atoms with Crippen molar-refractivity contribution in [3.05, 3.63) is 63.7 Å². The van der Waals surface area contributed by atoms with Gasteiger partial charge in [0, 0.05) is 24.6 Å². The first-order chi connectivity index (χ1) is 14.6. The first-order valence-corrected chi connectivity index (χ1v) is 9.50. The van der Waals surface area contributed by atoms with Crippen LogP contribution in [0.15, 0.2) is 52.3 Å². The minimum Gasteiger partial charge on any atom is -0.452 e. The smallest absolute Gasteiger partial charge is 0.416 e. The van der Waals surface area contributed by atoms with Crippen LogP contribution in [0.25, 0.3) is 0 Å². The first kappa shape index (κ1) is 24.2. The number of nitrogens with one attached hydrogen (secondary N) is 1. The Kier molecular flexibility index (Phi) is 8.39. The van der Waals surface area contributed by atoms with E-state index < -0.39 is 40.8 Å². The number of benzene rings is 2. The Labute approximate surface area is 178 Å². The fraction of sp³-hybridized carbons (Fsp3) is 0.263. The molecule has 1 amide bonds. The number of nitro benzene ring substituents is 1. The molecule has 12 heteroatoms. The van der Waals surface area contributed by atoms with Gasteiger partial charge in [-0.1, -0.05) is 23.9 Å². The van der Waals surface area contributed by atoms with Crippen LogP contribution >= 0.6 is 11.8 Å². The van der Waals surface area contributed by atoms with Crippen molar-refractivity contribution in [2.75, 3.05) is 26.9 Å². The number of hydrogen-bond acceptors (Lipinski definition) is 7. The highest BCUT2D eigenvalue weighted by Crippen LogP contribution is 2.40. The van der Waals surface area contributed by atoms with Crippen molar-refractivity contribution < 1.29 is 37.2 Å². The number of alkyl halides is 3. The molecule has 0 bridgehead atoms. The summed E-state index contributed by atoms with van der Waals surface area (Å²) in [4.78, 5) is 34.5. The third-order valence-electron chi connectivity index (χ3n) is 3.77. The van der Waals surface area contributed by atoms with Gasteiger partial charge < -0.3 is 14.8 Å². The van der Waals surface area contributed by atoms with Crippen LogP contribution in [0.4, 0.5) is 18.9 Å². The van der Waals surface area contributed by atoms with Gasteiger partial charge in [0.05, 0.1) is 27.6 Å². The van der Waals surface area contributed by atoms with Crippen LogP contribution in [0.5, 0.6) is 0 Å². The lowest BCUT2D eigenvalue weighted by atomic mass is 10.2. The second-order valence-corrected chi connectivity index (χ2v) is 7.04. The largest absolute Gasteiger partial charge is 0.452 e. The zero-order chi connectivity index (χ0) is 23.0. The molecule has 0 radical (unpaired) electrons. The molecule has 2 aromatic carbocycles. The van der Waals surface area contributed by atoms with Gasteiger partial charge in [0.15, 0.2) is 6.61 Å². The molecule has 8 nitrogen and oxygen atoms in total. The normalized spacial score (nSPS) is 11.1. The molecule has 0 fully saturated rings. The average molecular weight is 458 g/mol. The number of hydrogen-bond donors (Lipinski definition) is 1. The Balaban J connectivity index is 2.20. The Bertz CT molecular complexity index is 968. The molecule has 0 atom stereocenters. The molecule has 0 saturated carbocycles. The topological polar surface area (TPSA) is 108 Å². The van der Waals surface area contributed by atoms with Gasteiger partial charge in [-0.05, 0) is 24.3 Å². The molecule has 0 aromatic heterocycles. The Hall–Kier alpha value is -3.12. The number of ether oxygens (including phenoxy) is 2. The lowest BCUT2D eigenvalue weighted by Crippen LogP contribution is -2.31. The summed E-state index contributed by atoms with van der Waals surface area (Å²) < 4.78 is 48.4. The maximum Gasteiger partial charge on any atom is 0.416 e. The summed E-state index contributed by atoms with van der Waals surface area (Å²) in [6.07, 6.45) is -4.74. The van der Waals surface area contributed by atoms with E-state index in [4.69, 9.17) is 9.47 Å². The van der Waals surface area contributed by atoms with Gasteiger partial charge in [0.25, 0.3) is 11.6 Å². The number of esters is 1. The number of nitrogens with zero attached hydrogens (tertiary/aromatic N) is 1. The maximum absolute atomic E-state index is 12.9. The van der Waals surface area contributed by atoms with E-state index in [9.17, 15) is 32.9 Å². The number of methoxy groups -OCH3 is 1. The summed E-state index contributed by atoms with van der Waals surface area (Å²) >= 11 is 0.741. The van der Waals surface area contributed by atoms with Crippen LogP contribution in [0.3, 0.4) is 0 Å². The summed E-state index contributed by atoms with van der Waals surface area (Å²) in [7, 11) is 1.46.